The summed E-state index contributed by atoms with van der Waals surface area (Å²) in [7, 11) is -2.30. The minimum atomic E-state index is -3.83. The Morgan fingerprint density at radius 3 is 2.45 bits per heavy atom. The summed E-state index contributed by atoms with van der Waals surface area (Å²) in [6, 6.07) is 2.35. The van der Waals surface area contributed by atoms with E-state index in [1.165, 1.54) is 23.5 Å². The highest BCUT2D eigenvalue weighted by Gasteiger charge is 2.31. The van der Waals surface area contributed by atoms with Crippen molar-refractivity contribution in [2.24, 2.45) is 0 Å². The van der Waals surface area contributed by atoms with E-state index in [4.69, 9.17) is 5.73 Å². The van der Waals surface area contributed by atoms with E-state index in [0.717, 1.165) is 32.1 Å². The molecule has 2 N–H and O–H groups in total. The van der Waals surface area contributed by atoms with Gasteiger partial charge in [-0.2, -0.15) is 4.31 Å². The molecule has 1 aliphatic carbocycles. The van der Waals surface area contributed by atoms with Crippen LogP contribution < -0.4 is 5.73 Å². The van der Waals surface area contributed by atoms with Gasteiger partial charge >= 0.3 is 0 Å². The zero-order valence-electron chi connectivity index (χ0n) is 11.9. The molecule has 1 aliphatic rings. The van der Waals surface area contributed by atoms with Crippen LogP contribution in [0.2, 0.25) is 0 Å². The molecule has 20 heavy (non-hydrogen) atoms. The number of benzene rings is 1. The number of nitrogens with two attached hydrogens (primary N) is 1. The lowest BCUT2D eigenvalue weighted by Crippen LogP contribution is -2.38. The summed E-state index contributed by atoms with van der Waals surface area (Å²) < 4.78 is 40.4. The average Bonchev–Trinajstić information content (AvgIpc) is 2.42. The van der Waals surface area contributed by atoms with Crippen molar-refractivity contribution in [3.63, 3.8) is 0 Å². The molecule has 4 nitrogen and oxygen atoms in total. The summed E-state index contributed by atoms with van der Waals surface area (Å²) in [4.78, 5) is -0.325. The summed E-state index contributed by atoms with van der Waals surface area (Å²) in [6.07, 6.45) is 4.83. The lowest BCUT2D eigenvalue weighted by molar-refractivity contribution is 0.285. The summed E-state index contributed by atoms with van der Waals surface area (Å²) in [5.74, 6) is -0.737. The largest absolute Gasteiger partial charge is 0.398 e. The number of sulfonamides is 1. The van der Waals surface area contributed by atoms with Crippen LogP contribution in [0, 0.1) is 12.7 Å². The van der Waals surface area contributed by atoms with Crippen molar-refractivity contribution >= 4 is 15.7 Å². The first-order chi connectivity index (χ1) is 9.34. The molecule has 1 aromatic rings. The summed E-state index contributed by atoms with van der Waals surface area (Å²) in [6.45, 7) is 1.65. The van der Waals surface area contributed by atoms with Crippen molar-refractivity contribution in [3.05, 3.63) is 23.5 Å². The van der Waals surface area contributed by atoms with Crippen LogP contribution in [-0.4, -0.2) is 25.8 Å². The first kappa shape index (κ1) is 15.3. The second-order valence-electron chi connectivity index (χ2n) is 5.45. The molecule has 0 amide bonds. The van der Waals surface area contributed by atoms with Gasteiger partial charge in [0, 0.05) is 18.8 Å². The van der Waals surface area contributed by atoms with Crippen LogP contribution in [0.1, 0.15) is 37.7 Å². The van der Waals surface area contributed by atoms with Crippen LogP contribution in [0.3, 0.4) is 0 Å². The summed E-state index contributed by atoms with van der Waals surface area (Å²) in [5, 5.41) is 0. The van der Waals surface area contributed by atoms with Gasteiger partial charge in [0.15, 0.2) is 0 Å². The Kier molecular flexibility index (Phi) is 4.34. The first-order valence-corrected chi connectivity index (χ1v) is 8.31. The Morgan fingerprint density at radius 1 is 1.25 bits per heavy atom. The predicted octanol–water partition coefficient (Wildman–Crippen LogP) is 2.67. The fourth-order valence-corrected chi connectivity index (χ4v) is 4.16. The molecule has 0 unspecified atom stereocenters. The molecule has 0 spiro atoms. The van der Waals surface area contributed by atoms with Crippen molar-refractivity contribution in [3.8, 4) is 0 Å². The van der Waals surface area contributed by atoms with Crippen LogP contribution in [0.4, 0.5) is 10.1 Å². The minimum absolute atomic E-state index is 0.0457. The van der Waals surface area contributed by atoms with E-state index in [1.54, 1.807) is 6.92 Å². The second-order valence-corrected chi connectivity index (χ2v) is 7.42. The molecular weight excluding hydrogens is 279 g/mol. The number of nitrogen functional groups attached to an aromatic ring is 1. The minimum Gasteiger partial charge on any atom is -0.398 e. The molecule has 0 aromatic heterocycles. The third-order valence-corrected chi connectivity index (χ3v) is 5.99. The SMILES string of the molecule is Cc1cc(F)c(S(=O)(=O)N(C)C2CCCCC2)cc1N. The lowest BCUT2D eigenvalue weighted by Gasteiger charge is -2.30. The molecular formula is C14H21FN2O2S. The van der Waals surface area contributed by atoms with Crippen LogP contribution >= 0.6 is 0 Å². The van der Waals surface area contributed by atoms with Crippen molar-refractivity contribution in [2.45, 2.75) is 50.0 Å². The maximum absolute atomic E-state index is 14.0. The molecule has 0 saturated heterocycles. The lowest BCUT2D eigenvalue weighted by atomic mass is 9.96. The Balaban J connectivity index is 2.36. The Labute approximate surface area is 119 Å². The van der Waals surface area contributed by atoms with Crippen LogP contribution in [0.5, 0.6) is 0 Å². The molecule has 0 bridgehead atoms. The number of nitrogens with zero attached hydrogens (tertiary/aromatic N) is 1. The molecule has 1 saturated carbocycles. The number of halogens is 1. The van der Waals surface area contributed by atoms with Gasteiger partial charge in [-0.25, -0.2) is 12.8 Å². The molecule has 0 aliphatic heterocycles. The maximum Gasteiger partial charge on any atom is 0.246 e. The van der Waals surface area contributed by atoms with Crippen LogP contribution in [0.15, 0.2) is 17.0 Å². The van der Waals surface area contributed by atoms with Crippen molar-refractivity contribution in [2.75, 3.05) is 12.8 Å². The third kappa shape index (κ3) is 2.81. The van der Waals surface area contributed by atoms with Gasteiger partial charge in [0.1, 0.15) is 10.7 Å². The molecule has 6 heteroatoms. The molecule has 0 radical (unpaired) electrons. The van der Waals surface area contributed by atoms with Crippen LogP contribution in [0.25, 0.3) is 0 Å². The Hall–Kier alpha value is -1.14. The molecule has 112 valence electrons. The van der Waals surface area contributed by atoms with E-state index in [9.17, 15) is 12.8 Å². The van der Waals surface area contributed by atoms with Crippen molar-refractivity contribution in [1.82, 2.24) is 4.31 Å². The zero-order chi connectivity index (χ0) is 14.9. The van der Waals surface area contributed by atoms with Crippen molar-refractivity contribution in [1.29, 1.82) is 0 Å². The zero-order valence-corrected chi connectivity index (χ0v) is 12.7. The quantitative estimate of drug-likeness (QED) is 0.873. The summed E-state index contributed by atoms with van der Waals surface area (Å²) >= 11 is 0. The van der Waals surface area contributed by atoms with Gasteiger partial charge in [0.25, 0.3) is 0 Å². The van der Waals surface area contributed by atoms with Gasteiger partial charge < -0.3 is 5.73 Å². The van der Waals surface area contributed by atoms with E-state index in [-0.39, 0.29) is 10.9 Å². The fraction of sp³-hybridized carbons (Fsp3) is 0.571. The number of hydrogen-bond acceptors (Lipinski definition) is 3. The van der Waals surface area contributed by atoms with E-state index in [0.29, 0.717) is 11.3 Å². The van der Waals surface area contributed by atoms with Gasteiger partial charge in [-0.3, -0.25) is 0 Å². The first-order valence-electron chi connectivity index (χ1n) is 6.87. The molecule has 2 rings (SSSR count). The third-order valence-electron chi connectivity index (χ3n) is 4.07. The fourth-order valence-electron chi connectivity index (χ4n) is 2.66. The van der Waals surface area contributed by atoms with Gasteiger partial charge in [0.2, 0.25) is 10.0 Å². The molecule has 1 fully saturated rings. The van der Waals surface area contributed by atoms with Gasteiger partial charge in [-0.1, -0.05) is 19.3 Å². The number of aryl methyl sites for hydroxylation is 1. The number of hydrogen-bond donors (Lipinski definition) is 1. The molecule has 1 aromatic carbocycles. The van der Waals surface area contributed by atoms with Crippen molar-refractivity contribution < 1.29 is 12.8 Å². The highest BCUT2D eigenvalue weighted by atomic mass is 32.2. The highest BCUT2D eigenvalue weighted by Crippen LogP contribution is 2.29. The Bertz CT molecular complexity index is 595. The molecule has 0 atom stereocenters. The second kappa shape index (κ2) is 5.69. The number of anilines is 1. The van der Waals surface area contributed by atoms with E-state index in [1.807, 2.05) is 0 Å². The van der Waals surface area contributed by atoms with E-state index in [2.05, 4.69) is 0 Å². The Morgan fingerprint density at radius 2 is 1.85 bits per heavy atom. The van der Waals surface area contributed by atoms with E-state index < -0.39 is 15.8 Å². The topological polar surface area (TPSA) is 63.4 Å². The van der Waals surface area contributed by atoms with Gasteiger partial charge in [-0.05, 0) is 37.5 Å². The average molecular weight is 300 g/mol. The van der Waals surface area contributed by atoms with E-state index >= 15 is 0 Å². The normalized spacial score (nSPS) is 17.6. The highest BCUT2D eigenvalue weighted by molar-refractivity contribution is 7.89. The molecule has 0 heterocycles. The van der Waals surface area contributed by atoms with Gasteiger partial charge in [0.05, 0.1) is 0 Å². The summed E-state index contributed by atoms with van der Waals surface area (Å²) in [5.41, 5.74) is 6.55. The standard InChI is InChI=1S/C14H21FN2O2S/c1-10-8-12(15)14(9-13(10)16)20(18,19)17(2)11-6-4-3-5-7-11/h8-9,11H,3-7,16H2,1-2H3. The number of rotatable bonds is 3. The van der Waals surface area contributed by atoms with Gasteiger partial charge in [-0.15, -0.1) is 0 Å². The smallest absolute Gasteiger partial charge is 0.246 e. The monoisotopic (exact) mass is 300 g/mol. The predicted molar refractivity (Wildman–Crippen MR) is 77.4 cm³/mol. The maximum atomic E-state index is 14.0. The van der Waals surface area contributed by atoms with Crippen LogP contribution in [-0.2, 0) is 10.0 Å².